The number of aliphatic carboxylic acids is 2. The van der Waals surface area contributed by atoms with Crippen LogP contribution in [0.25, 0.3) is 0 Å². The SMILES string of the molecule is CCCOc1ccc(CC(CCCCC(=O)O)(CCCCC(=O)O)Cc2ccc(OCCC)cc2)cc1. The van der Waals surface area contributed by atoms with E-state index in [9.17, 15) is 9.59 Å². The van der Waals surface area contributed by atoms with Gasteiger partial charge in [-0.1, -0.05) is 51.0 Å². The van der Waals surface area contributed by atoms with Crippen LogP contribution in [0.15, 0.2) is 48.5 Å². The van der Waals surface area contributed by atoms with Crippen molar-refractivity contribution >= 4 is 11.9 Å². The van der Waals surface area contributed by atoms with Crippen LogP contribution in [-0.4, -0.2) is 35.4 Å². The second kappa shape index (κ2) is 16.7. The Morgan fingerprint density at radius 2 is 1.03 bits per heavy atom. The van der Waals surface area contributed by atoms with Crippen molar-refractivity contribution in [2.45, 2.75) is 90.9 Å². The summed E-state index contributed by atoms with van der Waals surface area (Å²) in [4.78, 5) is 22.2. The smallest absolute Gasteiger partial charge is 0.303 e. The van der Waals surface area contributed by atoms with Crippen LogP contribution in [0, 0.1) is 5.41 Å². The fourth-order valence-electron chi connectivity index (χ4n) is 4.81. The first kappa shape index (κ1) is 30.2. The van der Waals surface area contributed by atoms with Gasteiger partial charge in [-0.2, -0.15) is 0 Å². The van der Waals surface area contributed by atoms with Crippen LogP contribution in [0.2, 0.25) is 0 Å². The van der Waals surface area contributed by atoms with Gasteiger partial charge < -0.3 is 19.7 Å². The minimum Gasteiger partial charge on any atom is -0.494 e. The number of carboxylic acid groups (broad SMARTS) is 2. The summed E-state index contributed by atoms with van der Waals surface area (Å²) < 4.78 is 11.5. The molecule has 0 fully saturated rings. The summed E-state index contributed by atoms with van der Waals surface area (Å²) in [6, 6.07) is 16.6. The lowest BCUT2D eigenvalue weighted by molar-refractivity contribution is -0.138. The predicted molar refractivity (Wildman–Crippen MR) is 147 cm³/mol. The molecule has 0 bridgehead atoms. The highest BCUT2D eigenvalue weighted by atomic mass is 16.5. The van der Waals surface area contributed by atoms with Crippen LogP contribution < -0.4 is 9.47 Å². The third-order valence-corrected chi connectivity index (χ3v) is 6.65. The minimum absolute atomic E-state index is 0.103. The summed E-state index contributed by atoms with van der Waals surface area (Å²) in [6.45, 7) is 5.54. The van der Waals surface area contributed by atoms with Crippen LogP contribution in [0.5, 0.6) is 11.5 Å². The van der Waals surface area contributed by atoms with Crippen LogP contribution in [0.3, 0.4) is 0 Å². The maximum atomic E-state index is 11.1. The summed E-state index contributed by atoms with van der Waals surface area (Å²) in [5.74, 6) is 0.193. The van der Waals surface area contributed by atoms with Gasteiger partial charge in [0, 0.05) is 12.8 Å². The van der Waals surface area contributed by atoms with E-state index < -0.39 is 11.9 Å². The molecule has 0 heterocycles. The Morgan fingerprint density at radius 3 is 1.35 bits per heavy atom. The molecule has 0 amide bonds. The zero-order valence-corrected chi connectivity index (χ0v) is 22.5. The van der Waals surface area contributed by atoms with Gasteiger partial charge in [0.05, 0.1) is 13.2 Å². The van der Waals surface area contributed by atoms with Crippen molar-refractivity contribution in [1.82, 2.24) is 0 Å². The number of ether oxygens (including phenoxy) is 2. The fourth-order valence-corrected chi connectivity index (χ4v) is 4.81. The van der Waals surface area contributed by atoms with E-state index in [0.29, 0.717) is 26.1 Å². The Labute approximate surface area is 222 Å². The van der Waals surface area contributed by atoms with Crippen LogP contribution in [0.4, 0.5) is 0 Å². The van der Waals surface area contributed by atoms with Gasteiger partial charge in [0.2, 0.25) is 0 Å². The number of carboxylic acids is 2. The first-order valence-electron chi connectivity index (χ1n) is 13.7. The first-order chi connectivity index (χ1) is 17.9. The Hall–Kier alpha value is -3.02. The molecule has 0 atom stereocenters. The van der Waals surface area contributed by atoms with Gasteiger partial charge in [0.15, 0.2) is 0 Å². The molecule has 0 aliphatic heterocycles. The van der Waals surface area contributed by atoms with Crippen molar-refractivity contribution in [3.8, 4) is 11.5 Å². The molecule has 204 valence electrons. The first-order valence-corrected chi connectivity index (χ1v) is 13.7. The van der Waals surface area contributed by atoms with E-state index in [1.807, 2.05) is 24.3 Å². The van der Waals surface area contributed by atoms with E-state index in [2.05, 4.69) is 38.1 Å². The Morgan fingerprint density at radius 1 is 0.649 bits per heavy atom. The van der Waals surface area contributed by atoms with Gasteiger partial charge in [-0.15, -0.1) is 0 Å². The van der Waals surface area contributed by atoms with Gasteiger partial charge in [-0.3, -0.25) is 9.59 Å². The number of hydrogen-bond donors (Lipinski definition) is 2. The molecule has 0 saturated heterocycles. The number of unbranched alkanes of at least 4 members (excludes halogenated alkanes) is 2. The highest BCUT2D eigenvalue weighted by Crippen LogP contribution is 2.39. The molecular formula is C31H44O6. The van der Waals surface area contributed by atoms with Gasteiger partial charge in [-0.25, -0.2) is 0 Å². The average molecular weight is 513 g/mol. The van der Waals surface area contributed by atoms with Crippen molar-refractivity contribution in [3.63, 3.8) is 0 Å². The van der Waals surface area contributed by atoms with E-state index in [1.165, 1.54) is 11.1 Å². The van der Waals surface area contributed by atoms with Crippen LogP contribution >= 0.6 is 0 Å². The molecule has 0 aliphatic carbocycles. The fraction of sp³-hybridized carbons (Fsp3) is 0.548. The van der Waals surface area contributed by atoms with Gasteiger partial charge >= 0.3 is 11.9 Å². The molecule has 2 N–H and O–H groups in total. The molecule has 2 aromatic carbocycles. The standard InChI is InChI=1S/C31H44O6/c1-3-21-36-27-15-11-25(12-16-27)23-31(19-7-5-9-29(32)33,20-8-6-10-30(34)35)24-26-13-17-28(18-14-26)37-22-4-2/h11-18H,3-10,19-24H2,1-2H3,(H,32,33)(H,34,35). The van der Waals surface area contributed by atoms with Crippen LogP contribution in [0.1, 0.15) is 89.2 Å². The molecule has 2 rings (SSSR count). The van der Waals surface area contributed by atoms with E-state index >= 15 is 0 Å². The second-order valence-corrected chi connectivity index (χ2v) is 10.0. The molecule has 0 aliphatic rings. The summed E-state index contributed by atoms with van der Waals surface area (Å²) in [7, 11) is 0. The van der Waals surface area contributed by atoms with Crippen molar-refractivity contribution in [3.05, 3.63) is 59.7 Å². The van der Waals surface area contributed by atoms with Crippen molar-refractivity contribution in [1.29, 1.82) is 0 Å². The monoisotopic (exact) mass is 512 g/mol. The summed E-state index contributed by atoms with van der Waals surface area (Å²) >= 11 is 0. The normalized spacial score (nSPS) is 11.3. The molecule has 6 nitrogen and oxygen atoms in total. The Bertz CT molecular complexity index is 842. The molecule has 2 aromatic rings. The number of benzene rings is 2. The quantitative estimate of drug-likeness (QED) is 0.180. The van der Waals surface area contributed by atoms with E-state index in [0.717, 1.165) is 62.9 Å². The summed E-state index contributed by atoms with van der Waals surface area (Å²) in [5, 5.41) is 18.3. The molecular weight excluding hydrogens is 468 g/mol. The molecule has 6 heteroatoms. The van der Waals surface area contributed by atoms with Gasteiger partial charge in [0.25, 0.3) is 0 Å². The molecule has 0 radical (unpaired) electrons. The zero-order chi connectivity index (χ0) is 26.9. The lowest BCUT2D eigenvalue weighted by Crippen LogP contribution is -2.27. The lowest BCUT2D eigenvalue weighted by Gasteiger charge is -2.35. The number of carbonyl (C=O) groups is 2. The zero-order valence-electron chi connectivity index (χ0n) is 22.5. The summed E-state index contributed by atoms with van der Waals surface area (Å²) in [5.41, 5.74) is 2.32. The number of rotatable bonds is 20. The third kappa shape index (κ3) is 12.2. The van der Waals surface area contributed by atoms with E-state index in [4.69, 9.17) is 19.7 Å². The van der Waals surface area contributed by atoms with Crippen molar-refractivity contribution in [2.75, 3.05) is 13.2 Å². The van der Waals surface area contributed by atoms with Crippen LogP contribution in [-0.2, 0) is 22.4 Å². The molecule has 0 saturated carbocycles. The lowest BCUT2D eigenvalue weighted by atomic mass is 9.69. The molecule has 0 spiro atoms. The van der Waals surface area contributed by atoms with Crippen molar-refractivity contribution in [2.24, 2.45) is 5.41 Å². The van der Waals surface area contributed by atoms with E-state index in [1.54, 1.807) is 0 Å². The predicted octanol–water partition coefficient (Wildman–Crippen LogP) is 7.33. The molecule has 0 aromatic heterocycles. The Kier molecular flexibility index (Phi) is 13.6. The van der Waals surface area contributed by atoms with Gasteiger partial charge in [0.1, 0.15) is 11.5 Å². The minimum atomic E-state index is -0.766. The summed E-state index contributed by atoms with van der Waals surface area (Å²) in [6.07, 6.45) is 8.63. The maximum Gasteiger partial charge on any atom is 0.303 e. The molecule has 37 heavy (non-hydrogen) atoms. The molecule has 0 unspecified atom stereocenters. The highest BCUT2D eigenvalue weighted by molar-refractivity contribution is 5.66. The Balaban J connectivity index is 2.27. The number of hydrogen-bond acceptors (Lipinski definition) is 4. The topological polar surface area (TPSA) is 93.1 Å². The van der Waals surface area contributed by atoms with Crippen molar-refractivity contribution < 1.29 is 29.3 Å². The average Bonchev–Trinajstić information content (AvgIpc) is 2.88. The second-order valence-electron chi connectivity index (χ2n) is 10.0. The maximum absolute atomic E-state index is 11.1. The van der Waals surface area contributed by atoms with Gasteiger partial charge in [-0.05, 0) is 92.2 Å². The largest absolute Gasteiger partial charge is 0.494 e. The highest BCUT2D eigenvalue weighted by Gasteiger charge is 2.30. The van der Waals surface area contributed by atoms with E-state index in [-0.39, 0.29) is 18.3 Å². The third-order valence-electron chi connectivity index (χ3n) is 6.65.